The summed E-state index contributed by atoms with van der Waals surface area (Å²) in [5, 5.41) is 9.05. The van der Waals surface area contributed by atoms with Gasteiger partial charge in [-0.25, -0.2) is 4.79 Å². The van der Waals surface area contributed by atoms with Crippen LogP contribution in [0, 0.1) is 11.3 Å². The van der Waals surface area contributed by atoms with Crippen LogP contribution in [0.1, 0.15) is 40.0 Å². The SMILES string of the molecule is CC(C)(C)OC(=O)N1CCC2(CC(CO)C2)C1. The van der Waals surface area contributed by atoms with Gasteiger partial charge in [-0.1, -0.05) is 0 Å². The molecule has 2 aliphatic rings. The molecule has 1 aliphatic heterocycles. The Bertz CT molecular complexity index is 302. The Labute approximate surface area is 103 Å². The van der Waals surface area contributed by atoms with Gasteiger partial charge in [-0.3, -0.25) is 0 Å². The number of likely N-dealkylation sites (tertiary alicyclic amines) is 1. The number of carbonyl (C=O) groups excluding carboxylic acids is 1. The van der Waals surface area contributed by atoms with Gasteiger partial charge in [-0.05, 0) is 51.4 Å². The van der Waals surface area contributed by atoms with Gasteiger partial charge >= 0.3 is 6.09 Å². The van der Waals surface area contributed by atoms with Crippen LogP contribution >= 0.6 is 0 Å². The van der Waals surface area contributed by atoms with Crippen LogP contribution in [0.15, 0.2) is 0 Å². The molecule has 4 heteroatoms. The van der Waals surface area contributed by atoms with E-state index in [9.17, 15) is 4.79 Å². The van der Waals surface area contributed by atoms with Crippen LogP contribution in [0.5, 0.6) is 0 Å². The van der Waals surface area contributed by atoms with Crippen molar-refractivity contribution in [1.82, 2.24) is 4.90 Å². The maximum atomic E-state index is 11.9. The summed E-state index contributed by atoms with van der Waals surface area (Å²) in [6.07, 6.45) is 2.98. The molecule has 1 heterocycles. The molecule has 2 fully saturated rings. The molecular weight excluding hydrogens is 218 g/mol. The van der Waals surface area contributed by atoms with Gasteiger partial charge in [-0.15, -0.1) is 0 Å². The minimum atomic E-state index is -0.417. The Morgan fingerprint density at radius 2 is 2.12 bits per heavy atom. The predicted octanol–water partition coefficient (Wildman–Crippen LogP) is 2.02. The van der Waals surface area contributed by atoms with Gasteiger partial charge in [0.2, 0.25) is 0 Å². The highest BCUT2D eigenvalue weighted by molar-refractivity contribution is 5.68. The van der Waals surface area contributed by atoms with E-state index in [0.717, 1.165) is 32.4 Å². The molecule has 4 nitrogen and oxygen atoms in total. The maximum Gasteiger partial charge on any atom is 0.410 e. The molecule has 0 aromatic rings. The average Bonchev–Trinajstić information content (AvgIpc) is 2.56. The standard InChI is InChI=1S/C13H23NO3/c1-12(2,3)17-11(16)14-5-4-13(9-14)6-10(7-13)8-15/h10,15H,4-9H2,1-3H3. The lowest BCUT2D eigenvalue weighted by Crippen LogP contribution is -2.43. The second-order valence-electron chi connectivity index (χ2n) is 6.61. The van der Waals surface area contributed by atoms with E-state index in [2.05, 4.69) is 0 Å². The second kappa shape index (κ2) is 4.16. The zero-order chi connectivity index (χ0) is 12.7. The van der Waals surface area contributed by atoms with Crippen LogP contribution in [0.4, 0.5) is 4.79 Å². The van der Waals surface area contributed by atoms with E-state index >= 15 is 0 Å². The highest BCUT2D eigenvalue weighted by atomic mass is 16.6. The zero-order valence-corrected chi connectivity index (χ0v) is 11.0. The van der Waals surface area contributed by atoms with Crippen LogP contribution in [-0.2, 0) is 4.74 Å². The molecule has 1 spiro atoms. The highest BCUT2D eigenvalue weighted by Gasteiger charge is 2.49. The van der Waals surface area contributed by atoms with E-state index in [1.165, 1.54) is 0 Å². The number of aliphatic hydroxyl groups is 1. The summed E-state index contributed by atoms with van der Waals surface area (Å²) >= 11 is 0. The molecule has 1 aliphatic carbocycles. The first-order valence-electron chi connectivity index (χ1n) is 6.42. The van der Waals surface area contributed by atoms with Crippen LogP contribution in [0.2, 0.25) is 0 Å². The van der Waals surface area contributed by atoms with E-state index in [-0.39, 0.29) is 18.1 Å². The summed E-state index contributed by atoms with van der Waals surface area (Å²) in [5.41, 5.74) is -0.135. The molecular formula is C13H23NO3. The number of hydrogen-bond donors (Lipinski definition) is 1. The zero-order valence-electron chi connectivity index (χ0n) is 11.0. The molecule has 0 bridgehead atoms. The third-order valence-electron chi connectivity index (χ3n) is 3.79. The molecule has 2 rings (SSSR count). The number of amides is 1. The summed E-state index contributed by atoms with van der Waals surface area (Å²) < 4.78 is 5.37. The summed E-state index contributed by atoms with van der Waals surface area (Å²) in [6.45, 7) is 7.56. The van der Waals surface area contributed by atoms with Crippen molar-refractivity contribution in [1.29, 1.82) is 0 Å². The normalized spacial score (nSPS) is 32.7. The average molecular weight is 241 g/mol. The Kier molecular flexibility index (Phi) is 3.10. The molecule has 0 aromatic carbocycles. The maximum absolute atomic E-state index is 11.9. The van der Waals surface area contributed by atoms with Crippen molar-refractivity contribution in [3.63, 3.8) is 0 Å². The number of nitrogens with zero attached hydrogens (tertiary/aromatic N) is 1. The van der Waals surface area contributed by atoms with E-state index < -0.39 is 5.60 Å². The molecule has 1 saturated carbocycles. The molecule has 17 heavy (non-hydrogen) atoms. The lowest BCUT2D eigenvalue weighted by atomic mass is 9.62. The van der Waals surface area contributed by atoms with Crippen LogP contribution in [0.3, 0.4) is 0 Å². The lowest BCUT2D eigenvalue weighted by Gasteiger charge is -2.44. The van der Waals surface area contributed by atoms with Crippen molar-refractivity contribution in [3.8, 4) is 0 Å². The van der Waals surface area contributed by atoms with Gasteiger partial charge in [0.25, 0.3) is 0 Å². The van der Waals surface area contributed by atoms with Crippen molar-refractivity contribution < 1.29 is 14.6 Å². The highest BCUT2D eigenvalue weighted by Crippen LogP contribution is 2.51. The molecule has 1 amide bonds. The summed E-state index contributed by atoms with van der Waals surface area (Å²) in [7, 11) is 0. The van der Waals surface area contributed by atoms with Gasteiger partial charge in [0.15, 0.2) is 0 Å². The number of aliphatic hydroxyl groups excluding tert-OH is 1. The number of rotatable bonds is 1. The third-order valence-corrected chi connectivity index (χ3v) is 3.79. The van der Waals surface area contributed by atoms with E-state index in [1.807, 2.05) is 25.7 Å². The van der Waals surface area contributed by atoms with Crippen LogP contribution in [0.25, 0.3) is 0 Å². The van der Waals surface area contributed by atoms with Crippen molar-refractivity contribution in [2.24, 2.45) is 11.3 Å². The lowest BCUT2D eigenvalue weighted by molar-refractivity contribution is 0.00785. The third kappa shape index (κ3) is 2.73. The summed E-state index contributed by atoms with van der Waals surface area (Å²) in [5.74, 6) is 0.452. The van der Waals surface area contributed by atoms with E-state index in [4.69, 9.17) is 9.84 Å². The Morgan fingerprint density at radius 1 is 1.47 bits per heavy atom. The fraction of sp³-hybridized carbons (Fsp3) is 0.923. The Balaban J connectivity index is 1.84. The smallest absolute Gasteiger partial charge is 0.410 e. The molecule has 0 aromatic heterocycles. The van der Waals surface area contributed by atoms with Gasteiger partial charge in [0.1, 0.15) is 5.60 Å². The van der Waals surface area contributed by atoms with Crippen molar-refractivity contribution in [2.75, 3.05) is 19.7 Å². The fourth-order valence-corrected chi connectivity index (χ4v) is 3.04. The van der Waals surface area contributed by atoms with Gasteiger partial charge in [0.05, 0.1) is 0 Å². The van der Waals surface area contributed by atoms with Gasteiger partial charge in [-0.2, -0.15) is 0 Å². The van der Waals surface area contributed by atoms with Crippen molar-refractivity contribution >= 4 is 6.09 Å². The van der Waals surface area contributed by atoms with Gasteiger partial charge < -0.3 is 14.7 Å². The number of hydrogen-bond acceptors (Lipinski definition) is 3. The van der Waals surface area contributed by atoms with E-state index in [0.29, 0.717) is 5.92 Å². The second-order valence-corrected chi connectivity index (χ2v) is 6.61. The minimum absolute atomic E-state index is 0.193. The topological polar surface area (TPSA) is 49.8 Å². The first kappa shape index (κ1) is 12.7. The monoisotopic (exact) mass is 241 g/mol. The largest absolute Gasteiger partial charge is 0.444 e. The molecule has 1 saturated heterocycles. The molecule has 98 valence electrons. The first-order chi connectivity index (χ1) is 7.84. The molecule has 0 radical (unpaired) electrons. The number of ether oxygens (including phenoxy) is 1. The summed E-state index contributed by atoms with van der Waals surface area (Å²) in [4.78, 5) is 13.7. The van der Waals surface area contributed by atoms with Gasteiger partial charge in [0, 0.05) is 19.7 Å². The van der Waals surface area contributed by atoms with Crippen LogP contribution < -0.4 is 0 Å². The predicted molar refractivity (Wildman–Crippen MR) is 64.7 cm³/mol. The fourth-order valence-electron chi connectivity index (χ4n) is 3.04. The Morgan fingerprint density at radius 3 is 2.65 bits per heavy atom. The molecule has 0 unspecified atom stereocenters. The quantitative estimate of drug-likeness (QED) is 0.764. The minimum Gasteiger partial charge on any atom is -0.444 e. The van der Waals surface area contributed by atoms with E-state index in [1.54, 1.807) is 0 Å². The Hall–Kier alpha value is -0.770. The number of carbonyl (C=O) groups is 1. The van der Waals surface area contributed by atoms with Crippen molar-refractivity contribution in [2.45, 2.75) is 45.6 Å². The molecule has 0 atom stereocenters. The molecule has 1 N–H and O–H groups in total. The van der Waals surface area contributed by atoms with Crippen LogP contribution in [-0.4, -0.2) is 41.4 Å². The van der Waals surface area contributed by atoms with Crippen molar-refractivity contribution in [3.05, 3.63) is 0 Å². The first-order valence-corrected chi connectivity index (χ1v) is 6.42. The summed E-state index contributed by atoms with van der Waals surface area (Å²) in [6, 6.07) is 0.